The summed E-state index contributed by atoms with van der Waals surface area (Å²) in [6.07, 6.45) is 2.42. The molecule has 7 heteroatoms. The van der Waals surface area contributed by atoms with E-state index in [1.807, 2.05) is 0 Å². The van der Waals surface area contributed by atoms with Crippen molar-refractivity contribution in [1.29, 1.82) is 0 Å². The van der Waals surface area contributed by atoms with Gasteiger partial charge in [-0.2, -0.15) is 0 Å². The highest BCUT2D eigenvalue weighted by molar-refractivity contribution is 7.99. The SMILES string of the molecule is CCn1c(SCC(=O)NCc2sccc2C)nnc1C1CC1. The highest BCUT2D eigenvalue weighted by Crippen LogP contribution is 2.39. The second kappa shape index (κ2) is 6.83. The summed E-state index contributed by atoms with van der Waals surface area (Å²) >= 11 is 3.15. The molecule has 2 aromatic rings. The van der Waals surface area contributed by atoms with Crippen molar-refractivity contribution < 1.29 is 4.79 Å². The molecule has 1 N–H and O–H groups in total. The lowest BCUT2D eigenvalue weighted by Gasteiger charge is -2.07. The summed E-state index contributed by atoms with van der Waals surface area (Å²) in [5.41, 5.74) is 1.23. The lowest BCUT2D eigenvalue weighted by Crippen LogP contribution is -2.24. The number of carbonyl (C=O) groups excluding carboxylic acids is 1. The predicted octanol–water partition coefficient (Wildman–Crippen LogP) is 2.95. The average Bonchev–Trinajstić information content (AvgIpc) is 3.15. The normalized spacial score (nSPS) is 14.3. The number of thioether (sulfide) groups is 1. The van der Waals surface area contributed by atoms with E-state index in [1.54, 1.807) is 11.3 Å². The summed E-state index contributed by atoms with van der Waals surface area (Å²) < 4.78 is 2.14. The van der Waals surface area contributed by atoms with Gasteiger partial charge in [-0.25, -0.2) is 0 Å². The molecule has 0 unspecified atom stereocenters. The molecule has 0 radical (unpaired) electrons. The Morgan fingerprint density at radius 1 is 1.50 bits per heavy atom. The van der Waals surface area contributed by atoms with E-state index in [4.69, 9.17) is 0 Å². The topological polar surface area (TPSA) is 59.8 Å². The van der Waals surface area contributed by atoms with Gasteiger partial charge in [0.1, 0.15) is 5.82 Å². The van der Waals surface area contributed by atoms with Crippen molar-refractivity contribution in [3.63, 3.8) is 0 Å². The summed E-state index contributed by atoms with van der Waals surface area (Å²) in [6, 6.07) is 2.07. The molecule has 1 saturated carbocycles. The van der Waals surface area contributed by atoms with Crippen LogP contribution in [0.4, 0.5) is 0 Å². The number of carbonyl (C=O) groups is 1. The van der Waals surface area contributed by atoms with E-state index in [9.17, 15) is 4.79 Å². The van der Waals surface area contributed by atoms with Gasteiger partial charge in [-0.15, -0.1) is 21.5 Å². The van der Waals surface area contributed by atoms with Crippen LogP contribution >= 0.6 is 23.1 Å². The lowest BCUT2D eigenvalue weighted by molar-refractivity contribution is -0.118. The number of aromatic nitrogens is 3. The summed E-state index contributed by atoms with van der Waals surface area (Å²) in [6.45, 7) is 5.63. The number of thiophene rings is 1. The molecular weight excluding hydrogens is 316 g/mol. The molecule has 1 aliphatic carbocycles. The standard InChI is InChI=1S/C15H20N4OS2/c1-3-19-14(11-4-5-11)17-18-15(19)22-9-13(20)16-8-12-10(2)6-7-21-12/h6-7,11H,3-5,8-9H2,1-2H3,(H,16,20). The van der Waals surface area contributed by atoms with E-state index in [-0.39, 0.29) is 5.91 Å². The van der Waals surface area contributed by atoms with Crippen molar-refractivity contribution in [3.05, 3.63) is 27.7 Å². The summed E-state index contributed by atoms with van der Waals surface area (Å²) in [4.78, 5) is 13.2. The minimum Gasteiger partial charge on any atom is -0.350 e. The molecule has 1 fully saturated rings. The molecule has 1 amide bonds. The van der Waals surface area contributed by atoms with Crippen molar-refractivity contribution in [1.82, 2.24) is 20.1 Å². The first kappa shape index (κ1) is 15.6. The van der Waals surface area contributed by atoms with Gasteiger partial charge in [0, 0.05) is 17.3 Å². The minimum absolute atomic E-state index is 0.0384. The van der Waals surface area contributed by atoms with Crippen LogP contribution in [0.15, 0.2) is 16.6 Å². The molecule has 22 heavy (non-hydrogen) atoms. The first-order valence-corrected chi connectivity index (χ1v) is 9.41. The first-order chi connectivity index (χ1) is 10.7. The molecule has 1 aliphatic rings. The van der Waals surface area contributed by atoms with Gasteiger partial charge in [0.05, 0.1) is 12.3 Å². The van der Waals surface area contributed by atoms with Crippen LogP contribution in [0.3, 0.4) is 0 Å². The second-order valence-electron chi connectivity index (χ2n) is 5.45. The van der Waals surface area contributed by atoms with Gasteiger partial charge < -0.3 is 9.88 Å². The zero-order valence-corrected chi connectivity index (χ0v) is 14.5. The number of nitrogens with one attached hydrogen (secondary N) is 1. The Balaban J connectivity index is 1.51. The summed E-state index contributed by atoms with van der Waals surface area (Å²) in [7, 11) is 0. The van der Waals surface area contributed by atoms with Crippen LogP contribution in [-0.2, 0) is 17.9 Å². The van der Waals surface area contributed by atoms with Crippen LogP contribution in [0.5, 0.6) is 0 Å². The second-order valence-corrected chi connectivity index (χ2v) is 7.39. The van der Waals surface area contributed by atoms with E-state index >= 15 is 0 Å². The van der Waals surface area contributed by atoms with Crippen LogP contribution in [0.25, 0.3) is 0 Å². The molecule has 2 heterocycles. The van der Waals surface area contributed by atoms with Gasteiger partial charge in [-0.3, -0.25) is 4.79 Å². The molecule has 0 saturated heterocycles. The van der Waals surface area contributed by atoms with Gasteiger partial charge in [0.25, 0.3) is 0 Å². The number of amides is 1. The van der Waals surface area contributed by atoms with E-state index < -0.39 is 0 Å². The third kappa shape index (κ3) is 3.52. The fraction of sp³-hybridized carbons (Fsp3) is 0.533. The van der Waals surface area contributed by atoms with Crippen LogP contribution in [-0.4, -0.2) is 26.4 Å². The molecule has 5 nitrogen and oxygen atoms in total. The quantitative estimate of drug-likeness (QED) is 0.790. The molecule has 0 aliphatic heterocycles. The summed E-state index contributed by atoms with van der Waals surface area (Å²) in [5.74, 6) is 2.08. The Kier molecular flexibility index (Phi) is 4.83. The Morgan fingerprint density at radius 2 is 2.32 bits per heavy atom. The van der Waals surface area contributed by atoms with Crippen molar-refractivity contribution >= 4 is 29.0 Å². The molecular formula is C15H20N4OS2. The van der Waals surface area contributed by atoms with Gasteiger partial charge in [-0.1, -0.05) is 11.8 Å². The van der Waals surface area contributed by atoms with Crippen molar-refractivity contribution in [2.75, 3.05) is 5.75 Å². The average molecular weight is 336 g/mol. The summed E-state index contributed by atoms with van der Waals surface area (Å²) in [5, 5.41) is 14.4. The maximum absolute atomic E-state index is 12.0. The Bertz CT molecular complexity index is 660. The van der Waals surface area contributed by atoms with E-state index in [0.29, 0.717) is 18.2 Å². The number of hydrogen-bond donors (Lipinski definition) is 1. The lowest BCUT2D eigenvalue weighted by atomic mass is 10.3. The zero-order valence-electron chi connectivity index (χ0n) is 12.8. The number of nitrogens with zero attached hydrogens (tertiary/aromatic N) is 3. The van der Waals surface area contributed by atoms with Crippen molar-refractivity contribution in [2.24, 2.45) is 0 Å². The minimum atomic E-state index is 0.0384. The van der Waals surface area contributed by atoms with Gasteiger partial charge in [0.15, 0.2) is 5.16 Å². The molecule has 0 aromatic carbocycles. The van der Waals surface area contributed by atoms with Gasteiger partial charge in [0.2, 0.25) is 5.91 Å². The maximum Gasteiger partial charge on any atom is 0.230 e. The molecule has 0 atom stereocenters. The molecule has 0 bridgehead atoms. The molecule has 0 spiro atoms. The van der Waals surface area contributed by atoms with Crippen molar-refractivity contribution in [3.8, 4) is 0 Å². The zero-order chi connectivity index (χ0) is 15.5. The first-order valence-electron chi connectivity index (χ1n) is 7.54. The number of hydrogen-bond acceptors (Lipinski definition) is 5. The largest absolute Gasteiger partial charge is 0.350 e. The van der Waals surface area contributed by atoms with Crippen molar-refractivity contribution in [2.45, 2.75) is 50.9 Å². The Hall–Kier alpha value is -1.34. The van der Waals surface area contributed by atoms with Crippen LogP contribution in [0.1, 0.15) is 41.9 Å². The highest BCUT2D eigenvalue weighted by atomic mass is 32.2. The monoisotopic (exact) mass is 336 g/mol. The van der Waals surface area contributed by atoms with E-state index in [1.165, 1.54) is 35.0 Å². The Morgan fingerprint density at radius 3 is 2.95 bits per heavy atom. The molecule has 118 valence electrons. The predicted molar refractivity (Wildman–Crippen MR) is 89.3 cm³/mol. The van der Waals surface area contributed by atoms with Crippen LogP contribution in [0.2, 0.25) is 0 Å². The Labute approximate surface area is 138 Å². The van der Waals surface area contributed by atoms with Gasteiger partial charge >= 0.3 is 0 Å². The van der Waals surface area contributed by atoms with Gasteiger partial charge in [-0.05, 0) is 43.7 Å². The smallest absolute Gasteiger partial charge is 0.230 e. The van der Waals surface area contributed by atoms with Crippen LogP contribution < -0.4 is 5.32 Å². The number of aryl methyl sites for hydroxylation is 1. The third-order valence-corrected chi connectivity index (χ3v) is 5.74. The third-order valence-electron chi connectivity index (χ3n) is 3.75. The maximum atomic E-state index is 12.0. The highest BCUT2D eigenvalue weighted by Gasteiger charge is 2.30. The molecule has 2 aromatic heterocycles. The van der Waals surface area contributed by atoms with Crippen LogP contribution in [0, 0.1) is 6.92 Å². The fourth-order valence-corrected chi connectivity index (χ4v) is 3.98. The number of rotatable bonds is 7. The van der Waals surface area contributed by atoms with E-state index in [2.05, 4.69) is 45.4 Å². The van der Waals surface area contributed by atoms with E-state index in [0.717, 1.165) is 17.5 Å². The molecule has 3 rings (SSSR count). The fourth-order valence-electron chi connectivity index (χ4n) is 2.29.